The molecule has 3 heteroatoms. The largest absolute Gasteiger partial charge is 0.373 e. The van der Waals surface area contributed by atoms with Gasteiger partial charge in [0.05, 0.1) is 11.6 Å². The minimum absolute atomic E-state index is 0.275. The van der Waals surface area contributed by atoms with E-state index in [0.717, 1.165) is 12.8 Å². The second-order valence-electron chi connectivity index (χ2n) is 7.44. The van der Waals surface area contributed by atoms with Crippen molar-refractivity contribution < 1.29 is 5.11 Å². The lowest BCUT2D eigenvalue weighted by Crippen LogP contribution is -2.53. The van der Waals surface area contributed by atoms with Crippen LogP contribution < -0.4 is 0 Å². The monoisotopic (exact) mass is 296 g/mol. The number of nitrogens with zero attached hydrogens (tertiary/aromatic N) is 2. The van der Waals surface area contributed by atoms with Gasteiger partial charge >= 0.3 is 0 Å². The van der Waals surface area contributed by atoms with Crippen LogP contribution in [0.4, 0.5) is 0 Å². The number of rotatable bonds is 1. The van der Waals surface area contributed by atoms with Gasteiger partial charge in [0.15, 0.2) is 0 Å². The molecule has 1 aromatic heterocycles. The summed E-state index contributed by atoms with van der Waals surface area (Å²) >= 11 is 0. The summed E-state index contributed by atoms with van der Waals surface area (Å²) < 4.78 is 2.26. The Bertz CT molecular complexity index is 749. The molecule has 2 unspecified atom stereocenters. The normalized spacial score (nSPS) is 33.9. The molecule has 0 spiro atoms. The number of hydrogen-bond acceptors (Lipinski definition) is 2. The van der Waals surface area contributed by atoms with Crippen LogP contribution in [0.5, 0.6) is 0 Å². The lowest BCUT2D eigenvalue weighted by molar-refractivity contribution is -0.0791. The van der Waals surface area contributed by atoms with Crippen molar-refractivity contribution in [1.29, 1.82) is 0 Å². The second-order valence-corrected chi connectivity index (χ2v) is 7.44. The summed E-state index contributed by atoms with van der Waals surface area (Å²) in [4.78, 5) is 2.70. The number of para-hydroxylation sites is 1. The number of fused-ring (bicyclic) bond motifs is 3. The summed E-state index contributed by atoms with van der Waals surface area (Å²) in [6, 6.07) is 9.19. The number of piperidine rings is 1. The molecule has 1 fully saturated rings. The zero-order chi connectivity index (χ0) is 14.9. The third-order valence-corrected chi connectivity index (χ3v) is 6.62. The summed E-state index contributed by atoms with van der Waals surface area (Å²) in [7, 11) is 0. The van der Waals surface area contributed by atoms with Gasteiger partial charge in [-0.1, -0.05) is 25.1 Å². The van der Waals surface area contributed by atoms with E-state index in [1.807, 2.05) is 0 Å². The Morgan fingerprint density at radius 2 is 2.14 bits per heavy atom. The Hall–Kier alpha value is -1.32. The Morgan fingerprint density at radius 1 is 1.27 bits per heavy atom. The van der Waals surface area contributed by atoms with E-state index in [9.17, 15) is 5.11 Å². The standard InChI is InChI=1S/C19H24N2O/c1-2-19-9-5-10-20-11-8-14-13-6-3-4-7-15(13)21(16(22)12-19)17(14)18(19)20/h3-4,6-7,16,18,22H,2,5,8-12H2,1H3/t16?,18?,19-/m0/s1. The Labute approximate surface area is 131 Å². The smallest absolute Gasteiger partial charge is 0.131 e. The second kappa shape index (κ2) is 4.36. The molecule has 0 saturated carbocycles. The first-order valence-corrected chi connectivity index (χ1v) is 8.79. The maximum atomic E-state index is 11.0. The van der Waals surface area contributed by atoms with Crippen LogP contribution in [-0.4, -0.2) is 27.7 Å². The van der Waals surface area contributed by atoms with Gasteiger partial charge in [0.25, 0.3) is 0 Å². The molecule has 3 nitrogen and oxygen atoms in total. The van der Waals surface area contributed by atoms with Crippen LogP contribution >= 0.6 is 0 Å². The van der Waals surface area contributed by atoms with E-state index in [2.05, 4.69) is 40.7 Å². The van der Waals surface area contributed by atoms with Gasteiger partial charge in [-0.25, -0.2) is 0 Å². The molecule has 3 atom stereocenters. The van der Waals surface area contributed by atoms with E-state index in [-0.39, 0.29) is 11.6 Å². The molecule has 2 aromatic rings. The third kappa shape index (κ3) is 1.44. The highest BCUT2D eigenvalue weighted by molar-refractivity contribution is 5.86. The van der Waals surface area contributed by atoms with Crippen molar-refractivity contribution in [2.24, 2.45) is 5.41 Å². The molecular formula is C19H24N2O. The van der Waals surface area contributed by atoms with E-state index >= 15 is 0 Å². The molecule has 1 N–H and O–H groups in total. The Morgan fingerprint density at radius 3 is 3.00 bits per heavy atom. The van der Waals surface area contributed by atoms with E-state index in [1.165, 1.54) is 54.5 Å². The van der Waals surface area contributed by atoms with Crippen LogP contribution in [0.25, 0.3) is 10.9 Å². The molecule has 116 valence electrons. The summed E-state index contributed by atoms with van der Waals surface area (Å²) in [6.07, 6.45) is 5.41. The van der Waals surface area contributed by atoms with Crippen LogP contribution in [-0.2, 0) is 6.42 Å². The van der Waals surface area contributed by atoms with Crippen LogP contribution in [0.2, 0.25) is 0 Å². The van der Waals surface area contributed by atoms with Crippen molar-refractivity contribution in [2.75, 3.05) is 13.1 Å². The van der Waals surface area contributed by atoms with E-state index in [0.29, 0.717) is 6.04 Å². The zero-order valence-corrected chi connectivity index (χ0v) is 13.3. The predicted octanol–water partition coefficient (Wildman–Crippen LogP) is 3.63. The van der Waals surface area contributed by atoms with Crippen molar-refractivity contribution >= 4 is 10.9 Å². The van der Waals surface area contributed by atoms with Crippen molar-refractivity contribution in [1.82, 2.24) is 9.47 Å². The maximum Gasteiger partial charge on any atom is 0.131 e. The summed E-state index contributed by atoms with van der Waals surface area (Å²) in [5.74, 6) is 0. The molecule has 3 aliphatic heterocycles. The number of aromatic nitrogens is 1. The quantitative estimate of drug-likeness (QED) is 0.870. The number of aliphatic hydroxyl groups is 1. The van der Waals surface area contributed by atoms with Gasteiger partial charge in [0.2, 0.25) is 0 Å². The lowest BCUT2D eigenvalue weighted by Gasteiger charge is -2.56. The van der Waals surface area contributed by atoms with Crippen molar-refractivity contribution in [3.05, 3.63) is 35.5 Å². The fourth-order valence-electron chi connectivity index (χ4n) is 5.66. The van der Waals surface area contributed by atoms with E-state index < -0.39 is 0 Å². The van der Waals surface area contributed by atoms with Crippen LogP contribution in [0.1, 0.15) is 56.1 Å². The van der Waals surface area contributed by atoms with Gasteiger partial charge in [0, 0.05) is 17.6 Å². The fourth-order valence-corrected chi connectivity index (χ4v) is 5.66. The molecule has 0 radical (unpaired) electrons. The average Bonchev–Trinajstić information content (AvgIpc) is 2.89. The molecule has 1 aromatic carbocycles. The highest BCUT2D eigenvalue weighted by atomic mass is 16.3. The third-order valence-electron chi connectivity index (χ3n) is 6.62. The van der Waals surface area contributed by atoms with Gasteiger partial charge in [-0.15, -0.1) is 0 Å². The lowest BCUT2D eigenvalue weighted by atomic mass is 9.64. The van der Waals surface area contributed by atoms with Gasteiger partial charge in [-0.2, -0.15) is 0 Å². The first-order chi connectivity index (χ1) is 10.7. The van der Waals surface area contributed by atoms with Crippen molar-refractivity contribution in [2.45, 2.75) is 51.3 Å². The highest BCUT2D eigenvalue weighted by Gasteiger charge is 2.52. The molecule has 4 heterocycles. The van der Waals surface area contributed by atoms with E-state index in [4.69, 9.17) is 0 Å². The van der Waals surface area contributed by atoms with Gasteiger partial charge in [0.1, 0.15) is 6.23 Å². The molecule has 22 heavy (non-hydrogen) atoms. The van der Waals surface area contributed by atoms with Crippen molar-refractivity contribution in [3.8, 4) is 0 Å². The first-order valence-electron chi connectivity index (χ1n) is 8.79. The predicted molar refractivity (Wildman–Crippen MR) is 87.8 cm³/mol. The maximum absolute atomic E-state index is 11.0. The number of hydrogen-bond donors (Lipinski definition) is 1. The van der Waals surface area contributed by atoms with Gasteiger partial charge < -0.3 is 9.67 Å². The highest BCUT2D eigenvalue weighted by Crippen LogP contribution is 2.59. The van der Waals surface area contributed by atoms with Crippen LogP contribution in [0.3, 0.4) is 0 Å². The minimum Gasteiger partial charge on any atom is -0.373 e. The van der Waals surface area contributed by atoms with E-state index in [1.54, 1.807) is 0 Å². The molecular weight excluding hydrogens is 272 g/mol. The first kappa shape index (κ1) is 13.1. The molecule has 5 rings (SSSR count). The molecule has 3 aliphatic rings. The average molecular weight is 296 g/mol. The van der Waals surface area contributed by atoms with Gasteiger partial charge in [-0.05, 0) is 55.7 Å². The molecule has 0 aliphatic carbocycles. The minimum atomic E-state index is -0.358. The molecule has 0 bridgehead atoms. The Kier molecular flexibility index (Phi) is 2.61. The topological polar surface area (TPSA) is 28.4 Å². The number of benzene rings is 1. The van der Waals surface area contributed by atoms with Crippen LogP contribution in [0, 0.1) is 5.41 Å². The summed E-state index contributed by atoms with van der Waals surface area (Å²) in [5.41, 5.74) is 4.46. The number of aliphatic hydroxyl groups excluding tert-OH is 1. The fraction of sp³-hybridized carbons (Fsp3) is 0.579. The SMILES string of the molecule is CC[C@]12CCCN3CCc4c(n(c5ccccc45)C(O)C1)C32. The van der Waals surface area contributed by atoms with Gasteiger partial charge in [-0.3, -0.25) is 4.90 Å². The van der Waals surface area contributed by atoms with Crippen LogP contribution in [0.15, 0.2) is 24.3 Å². The zero-order valence-electron chi connectivity index (χ0n) is 13.3. The molecule has 1 saturated heterocycles. The Balaban J connectivity index is 1.85. The molecule has 0 amide bonds. The summed E-state index contributed by atoms with van der Waals surface area (Å²) in [6.45, 7) is 4.73. The van der Waals surface area contributed by atoms with Crippen molar-refractivity contribution in [3.63, 3.8) is 0 Å². The summed E-state index contributed by atoms with van der Waals surface area (Å²) in [5, 5.41) is 12.3.